The Morgan fingerprint density at radius 3 is 2.75 bits per heavy atom. The van der Waals surface area contributed by atoms with Crippen LogP contribution >= 0.6 is 0 Å². The number of carbonyl (C=O) groups is 3. The zero-order valence-electron chi connectivity index (χ0n) is 17.8. The summed E-state index contributed by atoms with van der Waals surface area (Å²) in [5.74, 6) is -0.106. The van der Waals surface area contributed by atoms with E-state index in [9.17, 15) is 14.4 Å². The molecule has 3 heterocycles. The molecule has 0 bridgehead atoms. The molecule has 166 valence electrons. The molecular formula is C24H26N4O4. The number of ether oxygens (including phenoxy) is 1. The van der Waals surface area contributed by atoms with E-state index in [1.165, 1.54) is 5.56 Å². The number of carbonyl (C=O) groups excluding carboxylic acids is 3. The van der Waals surface area contributed by atoms with Gasteiger partial charge in [-0.1, -0.05) is 0 Å². The number of fused-ring (bicyclic) bond motifs is 1. The van der Waals surface area contributed by atoms with Crippen LogP contribution in [0.3, 0.4) is 0 Å². The van der Waals surface area contributed by atoms with Crippen LogP contribution in [0.1, 0.15) is 53.6 Å². The number of pyridine rings is 1. The molecule has 2 aliphatic heterocycles. The smallest absolute Gasteiger partial charge is 0.255 e. The summed E-state index contributed by atoms with van der Waals surface area (Å²) < 4.78 is 6.32. The van der Waals surface area contributed by atoms with Gasteiger partial charge in [-0.15, -0.1) is 0 Å². The summed E-state index contributed by atoms with van der Waals surface area (Å²) in [6.45, 7) is 1.12. The van der Waals surface area contributed by atoms with Crippen LogP contribution in [0, 0.1) is 0 Å². The molecule has 1 aromatic heterocycles. The molecule has 0 spiro atoms. The minimum Gasteiger partial charge on any atom is -0.489 e. The quantitative estimate of drug-likeness (QED) is 0.674. The van der Waals surface area contributed by atoms with Gasteiger partial charge < -0.3 is 15.0 Å². The van der Waals surface area contributed by atoms with Crippen molar-refractivity contribution in [3.8, 4) is 5.75 Å². The standard InChI is InChI=1S/C24H26N4O4/c29-22-7-6-20(23(30)27-22)28-14-16-12-17(4-5-18(16)24(28)31)32-21-3-1-2-19(21)26-13-15-8-10-25-11-9-15/h4-5,8-12,19-21,26H,1-3,6-7,13-14H2,(H,27,29,30)/t19-,20?,21+/m0/s1. The zero-order valence-corrected chi connectivity index (χ0v) is 17.8. The zero-order chi connectivity index (χ0) is 22.1. The van der Waals surface area contributed by atoms with Gasteiger partial charge in [-0.2, -0.15) is 0 Å². The van der Waals surface area contributed by atoms with E-state index in [4.69, 9.17) is 4.74 Å². The molecule has 1 aliphatic carbocycles. The molecule has 1 saturated heterocycles. The summed E-state index contributed by atoms with van der Waals surface area (Å²) in [5, 5.41) is 5.93. The Hall–Kier alpha value is -3.26. The number of nitrogens with one attached hydrogen (secondary N) is 2. The molecule has 0 radical (unpaired) electrons. The number of amides is 3. The van der Waals surface area contributed by atoms with E-state index >= 15 is 0 Å². The van der Waals surface area contributed by atoms with Crippen LogP contribution in [0.4, 0.5) is 0 Å². The van der Waals surface area contributed by atoms with E-state index in [2.05, 4.69) is 15.6 Å². The van der Waals surface area contributed by atoms with Gasteiger partial charge in [0.2, 0.25) is 11.8 Å². The Morgan fingerprint density at radius 2 is 1.94 bits per heavy atom. The lowest BCUT2D eigenvalue weighted by Crippen LogP contribution is -2.52. The van der Waals surface area contributed by atoms with Crippen LogP contribution in [0.5, 0.6) is 5.75 Å². The molecule has 2 fully saturated rings. The van der Waals surface area contributed by atoms with Crippen molar-refractivity contribution in [1.82, 2.24) is 20.5 Å². The summed E-state index contributed by atoms with van der Waals surface area (Å²) in [4.78, 5) is 42.1. The van der Waals surface area contributed by atoms with E-state index in [0.717, 1.165) is 37.1 Å². The second kappa shape index (κ2) is 8.70. The number of piperidine rings is 1. The van der Waals surface area contributed by atoms with Crippen LogP contribution in [0.15, 0.2) is 42.7 Å². The predicted molar refractivity (Wildman–Crippen MR) is 116 cm³/mol. The first-order valence-electron chi connectivity index (χ1n) is 11.1. The number of imide groups is 1. The number of hydrogen-bond donors (Lipinski definition) is 2. The Balaban J connectivity index is 1.24. The molecule has 2 N–H and O–H groups in total. The van der Waals surface area contributed by atoms with Gasteiger partial charge in [0.1, 0.15) is 17.9 Å². The van der Waals surface area contributed by atoms with Gasteiger partial charge in [-0.05, 0) is 67.1 Å². The first-order valence-corrected chi connectivity index (χ1v) is 11.1. The maximum atomic E-state index is 12.9. The minimum absolute atomic E-state index is 0.0678. The van der Waals surface area contributed by atoms with Crippen molar-refractivity contribution in [2.45, 2.75) is 63.4 Å². The summed E-state index contributed by atoms with van der Waals surface area (Å²) in [7, 11) is 0. The van der Waals surface area contributed by atoms with Crippen molar-refractivity contribution in [3.05, 3.63) is 59.4 Å². The lowest BCUT2D eigenvalue weighted by atomic mass is 10.0. The highest BCUT2D eigenvalue weighted by Crippen LogP contribution is 2.32. The Kier molecular flexibility index (Phi) is 5.61. The Labute approximate surface area is 186 Å². The highest BCUT2D eigenvalue weighted by molar-refractivity contribution is 6.05. The first-order chi connectivity index (χ1) is 15.6. The number of nitrogens with zero attached hydrogens (tertiary/aromatic N) is 2. The van der Waals surface area contributed by atoms with Crippen molar-refractivity contribution in [1.29, 1.82) is 0 Å². The summed E-state index contributed by atoms with van der Waals surface area (Å²) in [6.07, 6.45) is 7.41. The number of benzene rings is 1. The number of rotatable bonds is 6. The lowest BCUT2D eigenvalue weighted by molar-refractivity contribution is -0.136. The van der Waals surface area contributed by atoms with Crippen molar-refractivity contribution < 1.29 is 19.1 Å². The highest BCUT2D eigenvalue weighted by atomic mass is 16.5. The SMILES string of the molecule is O=C1CCC(N2Cc3cc(O[C@@H]4CCC[C@@H]4NCc4ccncc4)ccc3C2=O)C(=O)N1. The third-order valence-corrected chi connectivity index (χ3v) is 6.55. The maximum absolute atomic E-state index is 12.9. The van der Waals surface area contributed by atoms with Gasteiger partial charge in [-0.3, -0.25) is 24.7 Å². The molecule has 8 heteroatoms. The summed E-state index contributed by atoms with van der Waals surface area (Å²) in [6, 6.07) is 9.20. The highest BCUT2D eigenvalue weighted by Gasteiger charge is 2.39. The van der Waals surface area contributed by atoms with E-state index in [0.29, 0.717) is 18.5 Å². The third kappa shape index (κ3) is 4.10. The molecule has 3 atom stereocenters. The van der Waals surface area contributed by atoms with E-state index in [1.807, 2.05) is 24.3 Å². The van der Waals surface area contributed by atoms with Gasteiger partial charge in [0.05, 0.1) is 0 Å². The fourth-order valence-electron chi connectivity index (χ4n) is 4.85. The van der Waals surface area contributed by atoms with E-state index in [1.54, 1.807) is 23.4 Å². The fraction of sp³-hybridized carbons (Fsp3) is 0.417. The molecule has 1 unspecified atom stereocenters. The van der Waals surface area contributed by atoms with Crippen molar-refractivity contribution in [2.24, 2.45) is 0 Å². The van der Waals surface area contributed by atoms with Crippen LogP contribution in [0.25, 0.3) is 0 Å². The van der Waals surface area contributed by atoms with Crippen LogP contribution in [0.2, 0.25) is 0 Å². The minimum atomic E-state index is -0.603. The monoisotopic (exact) mass is 434 g/mol. The largest absolute Gasteiger partial charge is 0.489 e. The fourth-order valence-corrected chi connectivity index (χ4v) is 4.85. The second-order valence-corrected chi connectivity index (χ2v) is 8.65. The van der Waals surface area contributed by atoms with Gasteiger partial charge >= 0.3 is 0 Å². The van der Waals surface area contributed by atoms with Crippen molar-refractivity contribution >= 4 is 17.7 Å². The van der Waals surface area contributed by atoms with E-state index < -0.39 is 11.9 Å². The van der Waals surface area contributed by atoms with Crippen LogP contribution in [-0.4, -0.2) is 45.8 Å². The summed E-state index contributed by atoms with van der Waals surface area (Å²) in [5.41, 5.74) is 2.65. The third-order valence-electron chi connectivity index (χ3n) is 6.55. The number of hydrogen-bond acceptors (Lipinski definition) is 6. The molecule has 32 heavy (non-hydrogen) atoms. The Bertz CT molecular complexity index is 1040. The molecule has 1 saturated carbocycles. The molecule has 5 rings (SSSR count). The lowest BCUT2D eigenvalue weighted by Gasteiger charge is -2.29. The molecular weight excluding hydrogens is 408 g/mol. The predicted octanol–water partition coefficient (Wildman–Crippen LogP) is 1.93. The number of aromatic nitrogens is 1. The molecule has 2 aromatic rings. The topological polar surface area (TPSA) is 101 Å². The van der Waals surface area contributed by atoms with Crippen molar-refractivity contribution in [3.63, 3.8) is 0 Å². The van der Waals surface area contributed by atoms with Gasteiger partial charge in [0.25, 0.3) is 5.91 Å². The van der Waals surface area contributed by atoms with Gasteiger partial charge in [0.15, 0.2) is 0 Å². The molecule has 8 nitrogen and oxygen atoms in total. The van der Waals surface area contributed by atoms with E-state index in [-0.39, 0.29) is 30.4 Å². The Morgan fingerprint density at radius 1 is 1.09 bits per heavy atom. The molecule has 3 aliphatic rings. The average molecular weight is 434 g/mol. The first kappa shape index (κ1) is 20.6. The normalized spacial score (nSPS) is 25.1. The molecule has 3 amide bonds. The second-order valence-electron chi connectivity index (χ2n) is 8.65. The van der Waals surface area contributed by atoms with Crippen LogP contribution < -0.4 is 15.4 Å². The van der Waals surface area contributed by atoms with Crippen molar-refractivity contribution in [2.75, 3.05) is 0 Å². The summed E-state index contributed by atoms with van der Waals surface area (Å²) >= 11 is 0. The van der Waals surface area contributed by atoms with Crippen LogP contribution in [-0.2, 0) is 22.7 Å². The average Bonchev–Trinajstić information content (AvgIpc) is 3.37. The molecule has 1 aromatic carbocycles. The van der Waals surface area contributed by atoms with Gasteiger partial charge in [-0.25, -0.2) is 0 Å². The maximum Gasteiger partial charge on any atom is 0.255 e. The van der Waals surface area contributed by atoms with Gasteiger partial charge in [0, 0.05) is 43.5 Å².